The Hall–Kier alpha value is -3.74. The van der Waals surface area contributed by atoms with E-state index in [0.29, 0.717) is 26.3 Å². The van der Waals surface area contributed by atoms with Crippen LogP contribution in [0.15, 0.2) is 91.0 Å². The second-order valence-corrected chi connectivity index (χ2v) is 9.70. The number of anilines is 1. The van der Waals surface area contributed by atoms with E-state index in [1.54, 1.807) is 0 Å². The average molecular weight is 493 g/mol. The van der Waals surface area contributed by atoms with Gasteiger partial charge in [0, 0.05) is 44.7 Å². The van der Waals surface area contributed by atoms with Crippen molar-refractivity contribution < 1.29 is 9.53 Å². The highest BCUT2D eigenvalue weighted by Crippen LogP contribution is 2.31. The Kier molecular flexibility index (Phi) is 6.84. The summed E-state index contributed by atoms with van der Waals surface area (Å²) in [4.78, 5) is 25.3. The van der Waals surface area contributed by atoms with Crippen molar-refractivity contribution in [1.82, 2.24) is 14.8 Å². The Labute approximate surface area is 218 Å². The van der Waals surface area contributed by atoms with E-state index in [1.807, 2.05) is 35.2 Å². The Bertz CT molecular complexity index is 1310. The first-order chi connectivity index (χ1) is 18.3. The molecule has 0 unspecified atom stereocenters. The molecule has 0 spiro atoms. The minimum atomic E-state index is 0.0648. The number of aromatic nitrogens is 1. The lowest BCUT2D eigenvalue weighted by molar-refractivity contribution is 0.0304. The molecular weight excluding hydrogens is 460 g/mol. The lowest BCUT2D eigenvalue weighted by atomic mass is 9.96. The van der Waals surface area contributed by atoms with Gasteiger partial charge in [-0.15, -0.1) is 0 Å². The topological polar surface area (TPSA) is 48.9 Å². The van der Waals surface area contributed by atoms with Crippen molar-refractivity contribution >= 4 is 22.6 Å². The number of para-hydroxylation sites is 1. The van der Waals surface area contributed by atoms with Crippen molar-refractivity contribution in [3.63, 3.8) is 0 Å². The standard InChI is InChI=1S/C31H32N4O2/c36-31(35-19-21-37-22-20-35)27-23-29(32-28-14-8-7-13-26(27)28)33-15-17-34(18-16-33)30(24-9-3-1-4-10-24)25-11-5-2-6-12-25/h1-14,23,30H,15-22H2. The van der Waals surface area contributed by atoms with Crippen molar-refractivity contribution in [3.05, 3.63) is 108 Å². The molecule has 6 heteroatoms. The maximum atomic E-state index is 13.5. The van der Waals surface area contributed by atoms with Crippen LogP contribution in [0.4, 0.5) is 5.82 Å². The van der Waals surface area contributed by atoms with Gasteiger partial charge in [0.1, 0.15) is 5.82 Å². The molecule has 1 amide bonds. The summed E-state index contributed by atoms with van der Waals surface area (Å²) in [5.74, 6) is 0.945. The molecule has 6 rings (SSSR count). The highest BCUT2D eigenvalue weighted by Gasteiger charge is 2.28. The smallest absolute Gasteiger partial charge is 0.254 e. The number of amides is 1. The van der Waals surface area contributed by atoms with E-state index in [0.717, 1.165) is 48.5 Å². The fourth-order valence-electron chi connectivity index (χ4n) is 5.53. The molecule has 37 heavy (non-hydrogen) atoms. The minimum absolute atomic E-state index is 0.0648. The molecule has 0 bridgehead atoms. The summed E-state index contributed by atoms with van der Waals surface area (Å²) in [6.45, 7) is 5.97. The fourth-order valence-corrected chi connectivity index (χ4v) is 5.53. The molecule has 0 saturated carbocycles. The zero-order valence-corrected chi connectivity index (χ0v) is 21.0. The first-order valence-corrected chi connectivity index (χ1v) is 13.1. The number of benzene rings is 3. The number of ether oxygens (including phenoxy) is 1. The number of rotatable bonds is 5. The van der Waals surface area contributed by atoms with E-state index >= 15 is 0 Å². The van der Waals surface area contributed by atoms with E-state index in [9.17, 15) is 4.79 Å². The molecular formula is C31H32N4O2. The van der Waals surface area contributed by atoms with E-state index in [4.69, 9.17) is 9.72 Å². The molecule has 2 fully saturated rings. The SMILES string of the molecule is O=C(c1cc(N2CCN(C(c3ccccc3)c3ccccc3)CC2)nc2ccccc12)N1CCOCC1. The molecule has 2 aliphatic rings. The molecule has 3 aromatic carbocycles. The summed E-state index contributed by atoms with van der Waals surface area (Å²) in [5.41, 5.74) is 4.22. The van der Waals surface area contributed by atoms with Crippen molar-refractivity contribution in [2.45, 2.75) is 6.04 Å². The van der Waals surface area contributed by atoms with Gasteiger partial charge >= 0.3 is 0 Å². The molecule has 2 saturated heterocycles. The summed E-state index contributed by atoms with van der Waals surface area (Å²) in [6, 6.07) is 31.7. The van der Waals surface area contributed by atoms with Crippen LogP contribution in [-0.4, -0.2) is 73.2 Å². The summed E-state index contributed by atoms with van der Waals surface area (Å²) >= 11 is 0. The van der Waals surface area contributed by atoms with Crippen LogP contribution < -0.4 is 4.90 Å². The summed E-state index contributed by atoms with van der Waals surface area (Å²) in [7, 11) is 0. The van der Waals surface area contributed by atoms with Gasteiger partial charge in [-0.3, -0.25) is 9.69 Å². The number of nitrogens with zero attached hydrogens (tertiary/aromatic N) is 4. The van der Waals surface area contributed by atoms with Crippen molar-refractivity contribution in [1.29, 1.82) is 0 Å². The molecule has 3 heterocycles. The third-order valence-electron chi connectivity index (χ3n) is 7.47. The van der Waals surface area contributed by atoms with Gasteiger partial charge in [-0.25, -0.2) is 4.98 Å². The van der Waals surface area contributed by atoms with E-state index in [1.165, 1.54) is 11.1 Å². The Morgan fingerprint density at radius 3 is 1.97 bits per heavy atom. The molecule has 6 nitrogen and oxygen atoms in total. The Morgan fingerprint density at radius 2 is 1.32 bits per heavy atom. The average Bonchev–Trinajstić information content (AvgIpc) is 2.98. The first-order valence-electron chi connectivity index (χ1n) is 13.1. The third-order valence-corrected chi connectivity index (χ3v) is 7.47. The molecule has 4 aromatic rings. The predicted octanol–water partition coefficient (Wildman–Crippen LogP) is 4.62. The van der Waals surface area contributed by atoms with Crippen molar-refractivity contribution in [3.8, 4) is 0 Å². The number of carbonyl (C=O) groups is 1. The predicted molar refractivity (Wildman–Crippen MR) is 147 cm³/mol. The van der Waals surface area contributed by atoms with Crippen LogP contribution in [0.3, 0.4) is 0 Å². The van der Waals surface area contributed by atoms with Gasteiger partial charge in [-0.05, 0) is 23.3 Å². The Morgan fingerprint density at radius 1 is 0.730 bits per heavy atom. The van der Waals surface area contributed by atoms with Crippen molar-refractivity contribution in [2.75, 3.05) is 57.4 Å². The largest absolute Gasteiger partial charge is 0.378 e. The van der Waals surface area contributed by atoms with E-state index in [2.05, 4.69) is 70.5 Å². The first kappa shape index (κ1) is 23.6. The number of hydrogen-bond donors (Lipinski definition) is 0. The number of morpholine rings is 1. The van der Waals surface area contributed by atoms with Crippen molar-refractivity contribution in [2.24, 2.45) is 0 Å². The van der Waals surface area contributed by atoms with Crippen LogP contribution in [-0.2, 0) is 4.74 Å². The highest BCUT2D eigenvalue weighted by atomic mass is 16.5. The van der Waals surface area contributed by atoms with Crippen LogP contribution in [0.5, 0.6) is 0 Å². The van der Waals surface area contributed by atoms with Gasteiger partial charge in [-0.1, -0.05) is 78.9 Å². The van der Waals surface area contributed by atoms with E-state index in [-0.39, 0.29) is 11.9 Å². The molecule has 188 valence electrons. The molecule has 0 aliphatic carbocycles. The van der Waals surface area contributed by atoms with Crippen LogP contribution in [0, 0.1) is 0 Å². The van der Waals surface area contributed by atoms with Crippen LogP contribution in [0.2, 0.25) is 0 Å². The summed E-state index contributed by atoms with van der Waals surface area (Å²) < 4.78 is 5.47. The summed E-state index contributed by atoms with van der Waals surface area (Å²) in [5, 5.41) is 0.912. The van der Waals surface area contributed by atoms with Gasteiger partial charge in [0.25, 0.3) is 5.91 Å². The zero-order chi connectivity index (χ0) is 25.0. The van der Waals surface area contributed by atoms with Crippen LogP contribution in [0.25, 0.3) is 10.9 Å². The maximum absolute atomic E-state index is 13.5. The maximum Gasteiger partial charge on any atom is 0.254 e. The highest BCUT2D eigenvalue weighted by molar-refractivity contribution is 6.07. The zero-order valence-electron chi connectivity index (χ0n) is 21.0. The van der Waals surface area contributed by atoms with E-state index < -0.39 is 0 Å². The van der Waals surface area contributed by atoms with Crippen LogP contribution in [0.1, 0.15) is 27.5 Å². The second kappa shape index (κ2) is 10.7. The number of piperazine rings is 1. The number of hydrogen-bond acceptors (Lipinski definition) is 5. The lowest BCUT2D eigenvalue weighted by Crippen LogP contribution is -2.48. The van der Waals surface area contributed by atoms with Gasteiger partial charge < -0.3 is 14.5 Å². The number of pyridine rings is 1. The molecule has 2 aliphatic heterocycles. The van der Waals surface area contributed by atoms with Crippen LogP contribution >= 0.6 is 0 Å². The Balaban J connectivity index is 1.26. The van der Waals surface area contributed by atoms with Gasteiger partial charge in [-0.2, -0.15) is 0 Å². The molecule has 0 atom stereocenters. The number of fused-ring (bicyclic) bond motifs is 1. The monoisotopic (exact) mass is 492 g/mol. The lowest BCUT2D eigenvalue weighted by Gasteiger charge is -2.40. The molecule has 1 aromatic heterocycles. The minimum Gasteiger partial charge on any atom is -0.378 e. The number of carbonyl (C=O) groups excluding carboxylic acids is 1. The van der Waals surface area contributed by atoms with Gasteiger partial charge in [0.05, 0.1) is 30.3 Å². The molecule has 0 N–H and O–H groups in total. The second-order valence-electron chi connectivity index (χ2n) is 9.70. The molecule has 0 radical (unpaired) electrons. The van der Waals surface area contributed by atoms with Gasteiger partial charge in [0.2, 0.25) is 0 Å². The third kappa shape index (κ3) is 4.95. The fraction of sp³-hybridized carbons (Fsp3) is 0.290. The quantitative estimate of drug-likeness (QED) is 0.407. The van der Waals surface area contributed by atoms with Gasteiger partial charge in [0.15, 0.2) is 0 Å². The normalized spacial score (nSPS) is 16.9. The summed E-state index contributed by atoms with van der Waals surface area (Å²) in [6.07, 6.45) is 0.